The second-order valence-electron chi connectivity index (χ2n) is 4.67. The Morgan fingerprint density at radius 1 is 1.14 bits per heavy atom. The van der Waals surface area contributed by atoms with E-state index in [-0.39, 0.29) is 6.61 Å². The predicted octanol–water partition coefficient (Wildman–Crippen LogP) is 2.44. The number of alkyl halides is 3. The topological polar surface area (TPSA) is 40.5 Å². The fraction of sp³-hybridized carbons (Fsp3) is 0.917. The number of hydrogen-bond acceptors (Lipinski definition) is 5. The van der Waals surface area contributed by atoms with Gasteiger partial charge in [0.25, 0.3) is 0 Å². The number of carbonyl (C=O) groups excluding carboxylic acids is 1. The van der Waals surface area contributed by atoms with Gasteiger partial charge in [0.1, 0.15) is 0 Å². The Morgan fingerprint density at radius 3 is 1.90 bits per heavy atom. The van der Waals surface area contributed by atoms with Crippen molar-refractivity contribution in [3.05, 3.63) is 0 Å². The second kappa shape index (κ2) is 9.42. The van der Waals surface area contributed by atoms with Crippen LogP contribution in [-0.4, -0.2) is 77.3 Å². The highest BCUT2D eigenvalue weighted by Crippen LogP contribution is 2.35. The van der Waals surface area contributed by atoms with Gasteiger partial charge in [-0.1, -0.05) is 0 Å². The third-order valence-corrected chi connectivity index (χ3v) is 5.66. The molecule has 1 N–H and O–H groups in total. The number of nitrogens with zero attached hydrogens (tertiary/aromatic N) is 1. The Hall–Kier alpha value is 0.270. The summed E-state index contributed by atoms with van der Waals surface area (Å²) in [6, 6.07) is 0. The van der Waals surface area contributed by atoms with Crippen molar-refractivity contribution in [3.8, 4) is 0 Å². The highest BCUT2D eigenvalue weighted by atomic mass is 32.2. The molecule has 1 atom stereocenters. The van der Waals surface area contributed by atoms with E-state index >= 15 is 0 Å². The summed E-state index contributed by atoms with van der Waals surface area (Å²) in [6.45, 7) is -0.253. The molecule has 0 aromatic rings. The second-order valence-corrected chi connectivity index (χ2v) is 7.31. The van der Waals surface area contributed by atoms with Crippen molar-refractivity contribution in [2.75, 3.05) is 49.7 Å². The number of amides is 1. The monoisotopic (exact) mass is 365 g/mol. The van der Waals surface area contributed by atoms with Crippen LogP contribution >= 0.6 is 35.3 Å². The largest absolute Gasteiger partial charge is 0.471 e. The van der Waals surface area contributed by atoms with Crippen LogP contribution in [0.2, 0.25) is 0 Å². The lowest BCUT2D eigenvalue weighted by Crippen LogP contribution is -2.62. The molecule has 126 valence electrons. The summed E-state index contributed by atoms with van der Waals surface area (Å²) in [5, 5.41) is 9.63. The van der Waals surface area contributed by atoms with Gasteiger partial charge in [-0.05, 0) is 18.8 Å². The van der Waals surface area contributed by atoms with E-state index in [2.05, 4.69) is 0 Å². The molecule has 0 heterocycles. The summed E-state index contributed by atoms with van der Waals surface area (Å²) in [6.07, 6.45) is 0.496. The van der Waals surface area contributed by atoms with Gasteiger partial charge in [0.15, 0.2) is 0 Å². The number of aliphatic hydroxyl groups is 1. The summed E-state index contributed by atoms with van der Waals surface area (Å²) < 4.78 is 38.4. The first-order valence-electron chi connectivity index (χ1n) is 6.13. The Labute approximate surface area is 136 Å². The van der Waals surface area contributed by atoms with E-state index in [1.54, 1.807) is 12.5 Å². The van der Waals surface area contributed by atoms with Gasteiger partial charge in [0.05, 0.1) is 5.54 Å². The average Bonchev–Trinajstić information content (AvgIpc) is 2.41. The molecule has 0 radical (unpaired) electrons. The summed E-state index contributed by atoms with van der Waals surface area (Å²) in [7, 11) is 1.19. The zero-order chi connectivity index (χ0) is 16.7. The van der Waals surface area contributed by atoms with Crippen molar-refractivity contribution in [2.45, 2.75) is 11.7 Å². The first kappa shape index (κ1) is 21.3. The van der Waals surface area contributed by atoms with Crippen molar-refractivity contribution in [1.29, 1.82) is 0 Å². The highest BCUT2D eigenvalue weighted by Gasteiger charge is 2.51. The standard InChI is InChI=1S/C12H22F3NO2S3/c1-16(10(18)12(13,14)15)11(7-20-3,8-21-4)9(5-17)6-19-2/h9,17H,5-8H2,1-4H3. The van der Waals surface area contributed by atoms with Crippen LogP contribution in [0.1, 0.15) is 0 Å². The fourth-order valence-corrected chi connectivity index (χ4v) is 5.23. The minimum atomic E-state index is -4.91. The minimum Gasteiger partial charge on any atom is -0.396 e. The highest BCUT2D eigenvalue weighted by molar-refractivity contribution is 7.99. The van der Waals surface area contributed by atoms with Gasteiger partial charge in [0, 0.05) is 36.8 Å². The van der Waals surface area contributed by atoms with Gasteiger partial charge in [-0.25, -0.2) is 0 Å². The van der Waals surface area contributed by atoms with Gasteiger partial charge < -0.3 is 10.0 Å². The van der Waals surface area contributed by atoms with Crippen LogP contribution in [0.15, 0.2) is 0 Å². The number of halogens is 3. The smallest absolute Gasteiger partial charge is 0.396 e. The number of hydrogen-bond donors (Lipinski definition) is 1. The van der Waals surface area contributed by atoms with Crippen LogP contribution in [0, 0.1) is 5.92 Å². The van der Waals surface area contributed by atoms with Crippen LogP contribution in [0.5, 0.6) is 0 Å². The van der Waals surface area contributed by atoms with Gasteiger partial charge in [-0.2, -0.15) is 48.5 Å². The normalized spacial score (nSPS) is 14.1. The Morgan fingerprint density at radius 2 is 1.62 bits per heavy atom. The molecule has 0 aliphatic rings. The van der Waals surface area contributed by atoms with Crippen LogP contribution in [0.25, 0.3) is 0 Å². The zero-order valence-electron chi connectivity index (χ0n) is 12.6. The van der Waals surface area contributed by atoms with Crippen molar-refractivity contribution in [1.82, 2.24) is 4.90 Å². The molecule has 0 fully saturated rings. The maximum Gasteiger partial charge on any atom is 0.471 e. The molecule has 0 aliphatic heterocycles. The first-order chi connectivity index (χ1) is 9.71. The zero-order valence-corrected chi connectivity index (χ0v) is 15.0. The van der Waals surface area contributed by atoms with Crippen molar-refractivity contribution >= 4 is 41.2 Å². The maximum absolute atomic E-state index is 12.8. The molecule has 0 aromatic carbocycles. The summed E-state index contributed by atoms with van der Waals surface area (Å²) in [5.41, 5.74) is -1.02. The molecule has 3 nitrogen and oxygen atoms in total. The molecule has 0 saturated carbocycles. The van der Waals surface area contributed by atoms with Crippen LogP contribution in [0.4, 0.5) is 13.2 Å². The van der Waals surface area contributed by atoms with Gasteiger partial charge in [-0.15, -0.1) is 0 Å². The molecule has 0 aliphatic carbocycles. The number of thioether (sulfide) groups is 3. The summed E-state index contributed by atoms with van der Waals surface area (Å²) in [5.74, 6) is -1.09. The van der Waals surface area contributed by atoms with Crippen LogP contribution < -0.4 is 0 Å². The summed E-state index contributed by atoms with van der Waals surface area (Å²) in [4.78, 5) is 12.5. The SMILES string of the molecule is CSCC(CO)C(CSC)(CSC)N(C)C(=O)C(F)(F)F. The van der Waals surface area contributed by atoms with Crippen molar-refractivity contribution < 1.29 is 23.1 Å². The predicted molar refractivity (Wildman–Crippen MR) is 87.3 cm³/mol. The first-order valence-corrected chi connectivity index (χ1v) is 10.3. The molecule has 0 spiro atoms. The molecule has 0 saturated heterocycles. The fourth-order valence-electron chi connectivity index (χ4n) is 2.22. The average molecular weight is 366 g/mol. The molecule has 1 amide bonds. The van der Waals surface area contributed by atoms with E-state index < -0.39 is 23.5 Å². The van der Waals surface area contributed by atoms with E-state index in [4.69, 9.17) is 0 Å². The molecule has 1 unspecified atom stereocenters. The van der Waals surface area contributed by atoms with E-state index in [0.717, 1.165) is 4.90 Å². The number of rotatable bonds is 9. The summed E-state index contributed by atoms with van der Waals surface area (Å²) >= 11 is 4.21. The third-order valence-electron chi connectivity index (χ3n) is 3.35. The Balaban J connectivity index is 5.69. The van der Waals surface area contributed by atoms with E-state index in [1.165, 1.54) is 42.3 Å². The lowest BCUT2D eigenvalue weighted by molar-refractivity contribution is -0.190. The Bertz CT molecular complexity index is 323. The number of carbonyl (C=O) groups is 1. The van der Waals surface area contributed by atoms with Crippen molar-refractivity contribution in [2.24, 2.45) is 5.92 Å². The quantitative estimate of drug-likeness (QED) is 0.680. The lowest BCUT2D eigenvalue weighted by atomic mass is 9.87. The third kappa shape index (κ3) is 5.44. The van der Waals surface area contributed by atoms with Gasteiger partial charge in [0.2, 0.25) is 0 Å². The maximum atomic E-state index is 12.8. The lowest BCUT2D eigenvalue weighted by Gasteiger charge is -2.46. The molecular weight excluding hydrogens is 343 g/mol. The van der Waals surface area contributed by atoms with E-state index in [1.807, 2.05) is 6.26 Å². The van der Waals surface area contributed by atoms with E-state index in [9.17, 15) is 23.1 Å². The molecule has 0 bridgehead atoms. The number of aliphatic hydroxyl groups excluding tert-OH is 1. The van der Waals surface area contributed by atoms with Crippen LogP contribution in [0.3, 0.4) is 0 Å². The molecule has 21 heavy (non-hydrogen) atoms. The molecule has 9 heteroatoms. The van der Waals surface area contributed by atoms with Gasteiger partial charge in [-0.3, -0.25) is 4.79 Å². The molecule has 0 rings (SSSR count). The minimum absolute atomic E-state index is 0.253. The van der Waals surface area contributed by atoms with E-state index in [0.29, 0.717) is 17.3 Å². The van der Waals surface area contributed by atoms with Crippen LogP contribution in [-0.2, 0) is 4.79 Å². The van der Waals surface area contributed by atoms with Crippen molar-refractivity contribution in [3.63, 3.8) is 0 Å². The molecular formula is C12H22F3NO2S3. The van der Waals surface area contributed by atoms with Gasteiger partial charge >= 0.3 is 12.1 Å². The molecule has 0 aromatic heterocycles. The Kier molecular flexibility index (Phi) is 9.54.